The fourth-order valence-corrected chi connectivity index (χ4v) is 5.28. The number of carbonyl (C=O) groups excluding carboxylic acids is 2. The number of Topliss-reactive ketones (excluding diaryl/α,β-unsaturated/α-hetero) is 1. The van der Waals surface area contributed by atoms with Crippen LogP contribution in [0, 0.1) is 11.7 Å². The average Bonchev–Trinajstić information content (AvgIpc) is 3.40. The fourth-order valence-electron chi connectivity index (χ4n) is 4.27. The lowest BCUT2D eigenvalue weighted by atomic mass is 9.93. The molecule has 0 aliphatic carbocycles. The van der Waals surface area contributed by atoms with Crippen molar-refractivity contribution in [3.63, 3.8) is 0 Å². The van der Waals surface area contributed by atoms with Gasteiger partial charge in [0.15, 0.2) is 11.6 Å². The first-order chi connectivity index (χ1) is 19.2. The van der Waals surface area contributed by atoms with E-state index in [1.54, 1.807) is 0 Å². The van der Waals surface area contributed by atoms with Crippen LogP contribution >= 0.6 is 11.3 Å². The summed E-state index contributed by atoms with van der Waals surface area (Å²) in [6.45, 7) is 11.8. The van der Waals surface area contributed by atoms with Crippen LogP contribution in [0.15, 0.2) is 67.0 Å². The molecule has 2 aromatic heterocycles. The van der Waals surface area contributed by atoms with Crippen molar-refractivity contribution in [2.75, 3.05) is 0 Å². The molecule has 0 bridgehead atoms. The Hall–Kier alpha value is -3.91. The molecule has 0 saturated carbocycles. The number of carbonyl (C=O) groups is 2. The summed E-state index contributed by atoms with van der Waals surface area (Å²) in [6.07, 6.45) is 3.47. The van der Waals surface area contributed by atoms with Gasteiger partial charge in [0.1, 0.15) is 17.2 Å². The molecule has 4 aromatic rings. The van der Waals surface area contributed by atoms with Gasteiger partial charge in [0, 0.05) is 46.4 Å². The minimum Gasteiger partial charge on any atom is -0.508 e. The van der Waals surface area contributed by atoms with Crippen molar-refractivity contribution >= 4 is 23.1 Å². The normalized spacial score (nSPS) is 12.7. The maximum absolute atomic E-state index is 14.2. The molecule has 0 aliphatic heterocycles. The van der Waals surface area contributed by atoms with Crippen LogP contribution in [0.5, 0.6) is 5.75 Å². The first-order valence-corrected chi connectivity index (χ1v) is 14.3. The van der Waals surface area contributed by atoms with Crippen LogP contribution in [0.2, 0.25) is 0 Å². The number of thiophene rings is 1. The van der Waals surface area contributed by atoms with Crippen LogP contribution in [0.25, 0.3) is 22.5 Å². The number of hydrogen-bond acceptors (Lipinski definition) is 7. The highest BCUT2D eigenvalue weighted by atomic mass is 32.1. The van der Waals surface area contributed by atoms with E-state index < -0.39 is 23.3 Å². The Morgan fingerprint density at radius 1 is 0.927 bits per heavy atom. The van der Waals surface area contributed by atoms with Gasteiger partial charge in [-0.2, -0.15) is 0 Å². The maximum Gasteiger partial charge on any atom is 0.310 e. The van der Waals surface area contributed by atoms with E-state index in [0.717, 1.165) is 22.1 Å². The maximum atomic E-state index is 14.2. The van der Waals surface area contributed by atoms with Crippen molar-refractivity contribution < 1.29 is 23.8 Å². The van der Waals surface area contributed by atoms with Crippen molar-refractivity contribution in [2.45, 2.75) is 65.4 Å². The second kappa shape index (κ2) is 11.9. The van der Waals surface area contributed by atoms with Gasteiger partial charge in [0.05, 0.1) is 10.8 Å². The minimum atomic E-state index is -0.670. The van der Waals surface area contributed by atoms with E-state index in [1.165, 1.54) is 35.9 Å². The summed E-state index contributed by atoms with van der Waals surface area (Å²) in [4.78, 5) is 36.9. The highest BCUT2D eigenvalue weighted by Gasteiger charge is 2.29. The summed E-state index contributed by atoms with van der Waals surface area (Å²) in [5.41, 5.74) is 1.70. The van der Waals surface area contributed by atoms with Crippen LogP contribution in [0.3, 0.4) is 0 Å². The first-order valence-electron chi connectivity index (χ1n) is 13.5. The predicted octanol–water partition coefficient (Wildman–Crippen LogP) is 7.79. The van der Waals surface area contributed by atoms with Crippen molar-refractivity contribution in [1.29, 1.82) is 0 Å². The SMILES string of the molecule is CC(C)(C)OC(=O)[C@@H](CC(=O)c1ccc(C(C)(C)C)s1)Cc1ccc(-c2ncc(-c3ccc(O)cc3F)cn2)cc1. The molecule has 41 heavy (non-hydrogen) atoms. The molecule has 2 aromatic carbocycles. The van der Waals surface area contributed by atoms with Crippen LogP contribution in [-0.2, 0) is 21.4 Å². The third-order valence-corrected chi connectivity index (χ3v) is 7.95. The van der Waals surface area contributed by atoms with Crippen molar-refractivity contribution in [3.05, 3.63) is 88.1 Å². The summed E-state index contributed by atoms with van der Waals surface area (Å²) in [7, 11) is 0. The molecule has 8 heteroatoms. The number of ketones is 1. The molecule has 0 radical (unpaired) electrons. The standard InChI is InChI=1S/C33H35FN2O4S/c1-32(2,3)29-14-13-28(41-29)27(38)16-22(31(39)40-33(4,5)6)15-20-7-9-21(10-8-20)30-35-18-23(19-36-30)25-12-11-24(37)17-26(25)34/h7-14,17-19,22,37H,15-16H2,1-6H3/t22-/m1/s1. The van der Waals surface area contributed by atoms with Gasteiger partial charge in [-0.05, 0) is 62.4 Å². The van der Waals surface area contributed by atoms with E-state index in [9.17, 15) is 19.1 Å². The third kappa shape index (κ3) is 7.85. The van der Waals surface area contributed by atoms with Crippen molar-refractivity contribution in [3.8, 4) is 28.3 Å². The Morgan fingerprint density at radius 2 is 1.59 bits per heavy atom. The molecular weight excluding hydrogens is 539 g/mol. The van der Waals surface area contributed by atoms with Crippen LogP contribution in [0.1, 0.15) is 68.1 Å². The van der Waals surface area contributed by atoms with Gasteiger partial charge in [-0.1, -0.05) is 45.0 Å². The Morgan fingerprint density at radius 3 is 2.15 bits per heavy atom. The molecule has 0 aliphatic rings. The summed E-state index contributed by atoms with van der Waals surface area (Å²) < 4.78 is 19.9. The monoisotopic (exact) mass is 574 g/mol. The van der Waals surface area contributed by atoms with E-state index in [-0.39, 0.29) is 23.4 Å². The molecule has 4 rings (SSSR count). The molecule has 0 spiro atoms. The number of phenolic OH excluding ortho intramolecular Hbond substituents is 1. The van der Waals surface area contributed by atoms with Crippen LogP contribution in [-0.4, -0.2) is 32.4 Å². The van der Waals surface area contributed by atoms with Gasteiger partial charge in [-0.25, -0.2) is 14.4 Å². The summed E-state index contributed by atoms with van der Waals surface area (Å²) >= 11 is 1.47. The Balaban J connectivity index is 1.50. The first kappa shape index (κ1) is 30.1. The highest BCUT2D eigenvalue weighted by Crippen LogP contribution is 2.31. The van der Waals surface area contributed by atoms with Gasteiger partial charge >= 0.3 is 5.97 Å². The van der Waals surface area contributed by atoms with Gasteiger partial charge in [-0.15, -0.1) is 11.3 Å². The van der Waals surface area contributed by atoms with Crippen molar-refractivity contribution in [2.24, 2.45) is 5.92 Å². The molecule has 0 unspecified atom stereocenters. The molecular formula is C33H35FN2O4S. The number of ether oxygens (including phenoxy) is 1. The predicted molar refractivity (Wildman–Crippen MR) is 160 cm³/mol. The molecule has 0 fully saturated rings. The quantitative estimate of drug-likeness (QED) is 0.171. The number of phenols is 1. The Kier molecular flexibility index (Phi) is 8.73. The van der Waals surface area contributed by atoms with E-state index in [2.05, 4.69) is 30.7 Å². The number of aromatic nitrogens is 2. The van der Waals surface area contributed by atoms with E-state index in [0.29, 0.717) is 28.2 Å². The molecule has 0 saturated heterocycles. The molecule has 6 nitrogen and oxygen atoms in total. The van der Waals surface area contributed by atoms with Crippen LogP contribution < -0.4 is 0 Å². The fraction of sp³-hybridized carbons (Fsp3) is 0.333. The lowest BCUT2D eigenvalue weighted by Gasteiger charge is -2.24. The zero-order chi connectivity index (χ0) is 29.9. The van der Waals surface area contributed by atoms with E-state index in [1.807, 2.05) is 57.2 Å². The van der Waals surface area contributed by atoms with Gasteiger partial charge < -0.3 is 9.84 Å². The smallest absolute Gasteiger partial charge is 0.310 e. The lowest BCUT2D eigenvalue weighted by molar-refractivity contribution is -0.159. The summed E-state index contributed by atoms with van der Waals surface area (Å²) in [5, 5.41) is 9.44. The largest absolute Gasteiger partial charge is 0.508 e. The second-order valence-electron chi connectivity index (χ2n) is 12.1. The number of rotatable bonds is 8. The molecule has 2 heterocycles. The molecule has 0 amide bonds. The number of halogens is 1. The molecule has 1 atom stereocenters. The average molecular weight is 575 g/mol. The minimum absolute atomic E-state index is 0.0543. The van der Waals surface area contributed by atoms with E-state index in [4.69, 9.17) is 4.74 Å². The van der Waals surface area contributed by atoms with Crippen molar-refractivity contribution in [1.82, 2.24) is 9.97 Å². The third-order valence-electron chi connectivity index (χ3n) is 6.40. The summed E-state index contributed by atoms with van der Waals surface area (Å²) in [6, 6.07) is 15.2. The number of nitrogens with zero attached hydrogens (tertiary/aromatic N) is 2. The van der Waals surface area contributed by atoms with Gasteiger partial charge in [0.2, 0.25) is 0 Å². The topological polar surface area (TPSA) is 89.4 Å². The molecule has 1 N–H and O–H groups in total. The van der Waals surface area contributed by atoms with E-state index >= 15 is 0 Å². The molecule has 214 valence electrons. The zero-order valence-electron chi connectivity index (χ0n) is 24.2. The Labute approximate surface area is 244 Å². The number of aromatic hydroxyl groups is 1. The lowest BCUT2D eigenvalue weighted by Crippen LogP contribution is -2.31. The second-order valence-corrected chi connectivity index (χ2v) is 13.2. The number of esters is 1. The summed E-state index contributed by atoms with van der Waals surface area (Å²) in [5.74, 6) is -1.35. The number of hydrogen-bond donors (Lipinski definition) is 1. The number of benzene rings is 2. The van der Waals surface area contributed by atoms with Gasteiger partial charge in [0.25, 0.3) is 0 Å². The highest BCUT2D eigenvalue weighted by molar-refractivity contribution is 7.14. The Bertz CT molecular complexity index is 1530. The van der Waals surface area contributed by atoms with Crippen LogP contribution in [0.4, 0.5) is 4.39 Å². The zero-order valence-corrected chi connectivity index (χ0v) is 25.0. The van der Waals surface area contributed by atoms with Gasteiger partial charge in [-0.3, -0.25) is 9.59 Å².